The van der Waals surface area contributed by atoms with Crippen LogP contribution in [-0.4, -0.2) is 36.0 Å². The molecule has 4 rings (SSSR count). The molecular weight excluding hydrogens is 352 g/mol. The van der Waals surface area contributed by atoms with Crippen molar-refractivity contribution in [1.82, 2.24) is 4.90 Å². The van der Waals surface area contributed by atoms with E-state index in [2.05, 4.69) is 4.90 Å². The lowest BCUT2D eigenvalue weighted by molar-refractivity contribution is -0.132. The van der Waals surface area contributed by atoms with Gasteiger partial charge in [-0.05, 0) is 42.7 Å². The van der Waals surface area contributed by atoms with E-state index in [-0.39, 0.29) is 18.5 Å². The van der Waals surface area contributed by atoms with Crippen LogP contribution in [0, 0.1) is 0 Å². The highest BCUT2D eigenvalue weighted by atomic mass is 16.5. The maximum absolute atomic E-state index is 12.9. The van der Waals surface area contributed by atoms with E-state index in [1.165, 1.54) is 6.42 Å². The zero-order valence-electron chi connectivity index (χ0n) is 16.3. The third kappa shape index (κ3) is 3.37. The summed E-state index contributed by atoms with van der Waals surface area (Å²) in [6, 6.07) is 17.1. The first-order valence-electron chi connectivity index (χ1n) is 9.94. The molecule has 146 valence electrons. The molecule has 0 atom stereocenters. The number of hydrogen-bond donors (Lipinski definition) is 0. The van der Waals surface area contributed by atoms with E-state index in [1.54, 1.807) is 12.1 Å². The summed E-state index contributed by atoms with van der Waals surface area (Å²) in [6.45, 7) is 0.854. The molecule has 1 amide bonds. The lowest BCUT2D eigenvalue weighted by Crippen LogP contribution is -2.50. The Bertz CT molecular complexity index is 842. The van der Waals surface area contributed by atoms with Gasteiger partial charge < -0.3 is 14.5 Å². The van der Waals surface area contributed by atoms with Gasteiger partial charge in [0, 0.05) is 12.7 Å². The Labute approximate surface area is 165 Å². The number of amides is 1. The van der Waals surface area contributed by atoms with E-state index in [0.717, 1.165) is 36.9 Å². The molecule has 1 aliphatic carbocycles. The fraction of sp³-hybridized carbons (Fsp3) is 0.391. The van der Waals surface area contributed by atoms with Gasteiger partial charge >= 0.3 is 5.97 Å². The monoisotopic (exact) mass is 378 g/mol. The molecule has 0 bridgehead atoms. The minimum Gasteiger partial charge on any atom is -0.457 e. The van der Waals surface area contributed by atoms with Gasteiger partial charge in [-0.3, -0.25) is 4.79 Å². The summed E-state index contributed by atoms with van der Waals surface area (Å²) in [5, 5.41) is 0. The van der Waals surface area contributed by atoms with Crippen molar-refractivity contribution in [3.05, 3.63) is 65.7 Å². The molecule has 2 fully saturated rings. The largest absolute Gasteiger partial charge is 0.457 e. The number of nitrogens with zero attached hydrogens (tertiary/aromatic N) is 2. The number of benzene rings is 2. The molecule has 1 saturated heterocycles. The maximum Gasteiger partial charge on any atom is 0.338 e. The Morgan fingerprint density at radius 3 is 2.36 bits per heavy atom. The number of esters is 1. The van der Waals surface area contributed by atoms with Crippen molar-refractivity contribution in [3.8, 4) is 0 Å². The van der Waals surface area contributed by atoms with Crippen LogP contribution in [0.3, 0.4) is 0 Å². The first-order chi connectivity index (χ1) is 13.6. The quantitative estimate of drug-likeness (QED) is 0.755. The molecule has 1 saturated carbocycles. The summed E-state index contributed by atoms with van der Waals surface area (Å²) in [6.07, 6.45) is 5.16. The first kappa shape index (κ1) is 18.5. The van der Waals surface area contributed by atoms with Gasteiger partial charge in [-0.2, -0.15) is 0 Å². The average molecular weight is 378 g/mol. The molecule has 1 aliphatic heterocycles. The molecule has 2 aromatic rings. The van der Waals surface area contributed by atoms with Crippen molar-refractivity contribution >= 4 is 17.6 Å². The maximum atomic E-state index is 12.9. The van der Waals surface area contributed by atoms with Crippen LogP contribution < -0.4 is 4.90 Å². The second kappa shape index (κ2) is 7.66. The summed E-state index contributed by atoms with van der Waals surface area (Å²) >= 11 is 0. The molecule has 0 radical (unpaired) electrons. The molecule has 0 unspecified atom stereocenters. The van der Waals surface area contributed by atoms with Gasteiger partial charge in [-0.15, -0.1) is 0 Å². The van der Waals surface area contributed by atoms with E-state index in [1.807, 2.05) is 54.4 Å². The Hall–Kier alpha value is -2.82. The molecule has 28 heavy (non-hydrogen) atoms. The van der Waals surface area contributed by atoms with Crippen LogP contribution in [0.25, 0.3) is 0 Å². The second-order valence-corrected chi connectivity index (χ2v) is 7.77. The fourth-order valence-electron chi connectivity index (χ4n) is 4.42. The van der Waals surface area contributed by atoms with Crippen LogP contribution in [0.2, 0.25) is 0 Å². The number of ether oxygens (including phenoxy) is 1. The number of hydrogen-bond acceptors (Lipinski definition) is 4. The van der Waals surface area contributed by atoms with E-state index in [0.29, 0.717) is 12.2 Å². The van der Waals surface area contributed by atoms with Gasteiger partial charge in [0.05, 0.1) is 12.2 Å². The summed E-state index contributed by atoms with van der Waals surface area (Å²) in [5.41, 5.74) is 2.06. The Morgan fingerprint density at radius 2 is 1.68 bits per heavy atom. The molecular formula is C23H26N2O3. The first-order valence-corrected chi connectivity index (χ1v) is 9.94. The highest BCUT2D eigenvalue weighted by molar-refractivity contribution is 5.94. The topological polar surface area (TPSA) is 49.9 Å². The summed E-state index contributed by atoms with van der Waals surface area (Å²) in [5.74, 6) is -0.115. The van der Waals surface area contributed by atoms with Gasteiger partial charge in [0.25, 0.3) is 0 Å². The third-order valence-electron chi connectivity index (χ3n) is 5.92. The fourth-order valence-corrected chi connectivity index (χ4v) is 4.42. The lowest BCUT2D eigenvalue weighted by Gasteiger charge is -2.39. The van der Waals surface area contributed by atoms with Crippen LogP contribution >= 0.6 is 0 Å². The number of rotatable bonds is 4. The molecule has 1 spiro atoms. The van der Waals surface area contributed by atoms with Crippen LogP contribution in [0.5, 0.6) is 0 Å². The van der Waals surface area contributed by atoms with Gasteiger partial charge in [0.2, 0.25) is 5.91 Å². The molecule has 5 heteroatoms. The Kier molecular flexibility index (Phi) is 5.07. The SMILES string of the molecule is CN1CN(c2ccc(C(=O)OCc3ccccc3)cc2)C2(CCCCC2)C1=O. The summed E-state index contributed by atoms with van der Waals surface area (Å²) < 4.78 is 5.41. The zero-order valence-corrected chi connectivity index (χ0v) is 16.3. The standard InChI is InChI=1S/C23H26N2O3/c1-24-17-25(23(22(24)27)14-6-3-7-15-23)20-12-10-19(11-13-20)21(26)28-16-18-8-4-2-5-9-18/h2,4-5,8-13H,3,6-7,14-17H2,1H3. The van der Waals surface area contributed by atoms with E-state index in [4.69, 9.17) is 4.74 Å². The van der Waals surface area contributed by atoms with E-state index < -0.39 is 5.54 Å². The van der Waals surface area contributed by atoms with Crippen LogP contribution in [-0.2, 0) is 16.1 Å². The van der Waals surface area contributed by atoms with Crippen LogP contribution in [0.1, 0.15) is 48.0 Å². The van der Waals surface area contributed by atoms with Crippen molar-refractivity contribution in [1.29, 1.82) is 0 Å². The van der Waals surface area contributed by atoms with Gasteiger partial charge in [-0.25, -0.2) is 4.79 Å². The minimum absolute atomic E-state index is 0.221. The van der Waals surface area contributed by atoms with Crippen molar-refractivity contribution in [2.24, 2.45) is 0 Å². The molecule has 2 aromatic carbocycles. The van der Waals surface area contributed by atoms with Gasteiger partial charge in [0.15, 0.2) is 0 Å². The predicted octanol–water partition coefficient (Wildman–Crippen LogP) is 3.98. The summed E-state index contributed by atoms with van der Waals surface area (Å²) in [4.78, 5) is 29.3. The lowest BCUT2D eigenvalue weighted by atomic mass is 9.80. The third-order valence-corrected chi connectivity index (χ3v) is 5.92. The predicted molar refractivity (Wildman–Crippen MR) is 108 cm³/mol. The molecule has 5 nitrogen and oxygen atoms in total. The molecule has 0 N–H and O–H groups in total. The second-order valence-electron chi connectivity index (χ2n) is 7.77. The average Bonchev–Trinajstić information content (AvgIpc) is 2.98. The minimum atomic E-state index is -0.414. The van der Waals surface area contributed by atoms with Gasteiger partial charge in [0.1, 0.15) is 12.1 Å². The van der Waals surface area contributed by atoms with Crippen LogP contribution in [0.15, 0.2) is 54.6 Å². The van der Waals surface area contributed by atoms with E-state index in [9.17, 15) is 9.59 Å². The number of carbonyl (C=O) groups is 2. The smallest absolute Gasteiger partial charge is 0.338 e. The van der Waals surface area contributed by atoms with Gasteiger partial charge in [-0.1, -0.05) is 49.6 Å². The number of carbonyl (C=O) groups excluding carboxylic acids is 2. The number of likely N-dealkylation sites (N-methyl/N-ethyl adjacent to an activating group) is 1. The normalized spacial score (nSPS) is 18.5. The van der Waals surface area contributed by atoms with Crippen molar-refractivity contribution in [2.45, 2.75) is 44.2 Å². The highest BCUT2D eigenvalue weighted by Gasteiger charge is 2.51. The Morgan fingerprint density at radius 1 is 1.00 bits per heavy atom. The molecule has 2 aliphatic rings. The van der Waals surface area contributed by atoms with Crippen molar-refractivity contribution in [2.75, 3.05) is 18.6 Å². The van der Waals surface area contributed by atoms with E-state index >= 15 is 0 Å². The molecule has 1 heterocycles. The number of anilines is 1. The van der Waals surface area contributed by atoms with Crippen molar-refractivity contribution < 1.29 is 14.3 Å². The molecule has 0 aromatic heterocycles. The zero-order chi connectivity index (χ0) is 19.6. The highest BCUT2D eigenvalue weighted by Crippen LogP contribution is 2.41. The Balaban J connectivity index is 1.48. The van der Waals surface area contributed by atoms with Crippen molar-refractivity contribution in [3.63, 3.8) is 0 Å². The summed E-state index contributed by atoms with van der Waals surface area (Å²) in [7, 11) is 1.87. The van der Waals surface area contributed by atoms with Crippen LogP contribution in [0.4, 0.5) is 5.69 Å².